The minimum atomic E-state index is -0.872. The molecule has 4 rings (SSSR count). The highest BCUT2D eigenvalue weighted by Gasteiger charge is 2.60. The Hall–Kier alpha value is -0.420. The first-order valence-electron chi connectivity index (χ1n) is 14.1. The van der Waals surface area contributed by atoms with Crippen molar-refractivity contribution in [2.75, 3.05) is 6.61 Å². The van der Waals surface area contributed by atoms with E-state index in [4.69, 9.17) is 4.74 Å². The van der Waals surface area contributed by atoms with Crippen LogP contribution in [0.4, 0.5) is 0 Å². The van der Waals surface area contributed by atoms with Crippen molar-refractivity contribution in [1.82, 2.24) is 0 Å². The van der Waals surface area contributed by atoms with Gasteiger partial charge in [-0.05, 0) is 131 Å². The summed E-state index contributed by atoms with van der Waals surface area (Å²) in [6.45, 7) is 15.1. The van der Waals surface area contributed by atoms with Gasteiger partial charge in [0, 0.05) is 0 Å². The number of ether oxygens (including phenoxy) is 1. The van der Waals surface area contributed by atoms with Crippen LogP contribution in [-0.4, -0.2) is 45.3 Å². The number of hydrogen-bond donors (Lipinski definition) is 3. The van der Waals surface area contributed by atoms with Crippen molar-refractivity contribution < 1.29 is 20.1 Å². The summed E-state index contributed by atoms with van der Waals surface area (Å²) >= 11 is 0. The number of hydrogen-bond acceptors (Lipinski definition) is 4. The number of fused-ring (bicyclic) bond motifs is 5. The first kappa shape index (κ1) is 26.6. The molecule has 0 radical (unpaired) electrons. The lowest BCUT2D eigenvalue weighted by atomic mass is 9.46. The quantitative estimate of drug-likeness (QED) is 0.401. The fraction of sp³-hybridized carbons (Fsp3) is 0.933. The van der Waals surface area contributed by atoms with Gasteiger partial charge in [0.25, 0.3) is 0 Å². The standard InChI is InChI=1S/C30H52O4/c1-19(12-15-27(2,3)32)21-10-11-22-20-8-9-24-26(31)25(34-18-28(4,5)33)14-17-30(24,7)23(20)13-16-29(21,22)6/h9,19-23,25-26,31-33H,8,10-18H2,1-7H3/t19-,20+,21-,22+,23+,25+,26+,29-,30-/m1/s1. The molecule has 0 heterocycles. The van der Waals surface area contributed by atoms with Crippen molar-refractivity contribution in [1.29, 1.82) is 0 Å². The molecule has 0 saturated heterocycles. The number of aliphatic hydroxyl groups is 3. The van der Waals surface area contributed by atoms with Gasteiger partial charge in [-0.1, -0.05) is 26.8 Å². The van der Waals surface area contributed by atoms with E-state index in [9.17, 15) is 15.3 Å². The third-order valence-electron chi connectivity index (χ3n) is 10.8. The number of allylic oxidation sites excluding steroid dienone is 1. The molecule has 0 spiro atoms. The summed E-state index contributed by atoms with van der Waals surface area (Å²) in [6.07, 6.45) is 11.9. The van der Waals surface area contributed by atoms with Crippen LogP contribution in [0.2, 0.25) is 0 Å². The van der Waals surface area contributed by atoms with E-state index in [0.29, 0.717) is 17.3 Å². The highest BCUT2D eigenvalue weighted by atomic mass is 16.5. The monoisotopic (exact) mass is 476 g/mol. The first-order chi connectivity index (χ1) is 15.7. The molecule has 3 fully saturated rings. The topological polar surface area (TPSA) is 69.9 Å². The van der Waals surface area contributed by atoms with Crippen molar-refractivity contribution in [2.24, 2.45) is 40.4 Å². The molecule has 4 aliphatic rings. The van der Waals surface area contributed by atoms with Crippen LogP contribution in [0.15, 0.2) is 11.6 Å². The number of rotatable bonds is 7. The van der Waals surface area contributed by atoms with Crippen LogP contribution in [-0.2, 0) is 4.74 Å². The highest BCUT2D eigenvalue weighted by molar-refractivity contribution is 5.29. The van der Waals surface area contributed by atoms with E-state index >= 15 is 0 Å². The smallest absolute Gasteiger partial charge is 0.102 e. The van der Waals surface area contributed by atoms with E-state index in [2.05, 4.69) is 26.8 Å². The summed E-state index contributed by atoms with van der Waals surface area (Å²) < 4.78 is 6.00. The maximum atomic E-state index is 11.3. The van der Waals surface area contributed by atoms with E-state index in [1.54, 1.807) is 13.8 Å². The van der Waals surface area contributed by atoms with Gasteiger partial charge in [-0.2, -0.15) is 0 Å². The Bertz CT molecular complexity index is 761. The summed E-state index contributed by atoms with van der Waals surface area (Å²) in [5.74, 6) is 3.57. The van der Waals surface area contributed by atoms with Crippen LogP contribution in [0.5, 0.6) is 0 Å². The Morgan fingerprint density at radius 3 is 2.35 bits per heavy atom. The van der Waals surface area contributed by atoms with Crippen molar-refractivity contribution in [2.45, 2.75) is 130 Å². The summed E-state index contributed by atoms with van der Waals surface area (Å²) in [5, 5.41) is 31.6. The van der Waals surface area contributed by atoms with E-state index in [-0.39, 0.29) is 18.1 Å². The summed E-state index contributed by atoms with van der Waals surface area (Å²) in [6, 6.07) is 0. The SMILES string of the molecule is C[C@H](CCC(C)(C)O)[C@H]1CC[C@H]2[C@@H]3CC=C4[C@H](O)[C@@H](OCC(C)(C)O)CC[C@]4(C)[C@H]3CC[C@]12C. The second-order valence-electron chi connectivity index (χ2n) is 14.4. The normalized spacial score (nSPS) is 43.5. The zero-order valence-corrected chi connectivity index (χ0v) is 22.9. The lowest BCUT2D eigenvalue weighted by molar-refractivity contribution is -0.120. The summed E-state index contributed by atoms with van der Waals surface area (Å²) in [4.78, 5) is 0. The molecule has 0 bridgehead atoms. The summed E-state index contributed by atoms with van der Waals surface area (Å²) in [7, 11) is 0. The predicted molar refractivity (Wildman–Crippen MR) is 137 cm³/mol. The zero-order valence-electron chi connectivity index (χ0n) is 22.9. The molecule has 0 aromatic rings. The second-order valence-corrected chi connectivity index (χ2v) is 14.4. The second kappa shape index (κ2) is 9.15. The van der Waals surface area contributed by atoms with Gasteiger partial charge in [0.2, 0.25) is 0 Å². The molecule has 9 atom stereocenters. The van der Waals surface area contributed by atoms with Gasteiger partial charge in [-0.15, -0.1) is 0 Å². The predicted octanol–water partition coefficient (Wildman–Crippen LogP) is 5.88. The molecule has 0 aliphatic heterocycles. The van der Waals surface area contributed by atoms with Gasteiger partial charge in [-0.25, -0.2) is 0 Å². The van der Waals surface area contributed by atoms with E-state index < -0.39 is 17.3 Å². The average molecular weight is 477 g/mol. The lowest BCUT2D eigenvalue weighted by Gasteiger charge is -2.59. The maximum Gasteiger partial charge on any atom is 0.102 e. The molecule has 4 aliphatic carbocycles. The van der Waals surface area contributed by atoms with Crippen LogP contribution >= 0.6 is 0 Å². The van der Waals surface area contributed by atoms with Crippen LogP contribution < -0.4 is 0 Å². The van der Waals surface area contributed by atoms with Crippen LogP contribution in [0.25, 0.3) is 0 Å². The van der Waals surface area contributed by atoms with Crippen molar-refractivity contribution >= 4 is 0 Å². The molecule has 0 amide bonds. The van der Waals surface area contributed by atoms with Crippen molar-refractivity contribution in [3.63, 3.8) is 0 Å². The lowest BCUT2D eigenvalue weighted by Crippen LogP contribution is -2.54. The number of aliphatic hydroxyl groups excluding tert-OH is 1. The van der Waals surface area contributed by atoms with Crippen LogP contribution in [0, 0.1) is 40.4 Å². The Morgan fingerprint density at radius 2 is 1.71 bits per heavy atom. The fourth-order valence-electron chi connectivity index (χ4n) is 8.95. The molecule has 0 unspecified atom stereocenters. The minimum Gasteiger partial charge on any atom is -0.390 e. The largest absolute Gasteiger partial charge is 0.390 e. The molecule has 4 nitrogen and oxygen atoms in total. The van der Waals surface area contributed by atoms with Gasteiger partial charge in [0.1, 0.15) is 6.10 Å². The molecule has 3 saturated carbocycles. The molecule has 0 aromatic carbocycles. The zero-order chi connectivity index (χ0) is 25.1. The van der Waals surface area contributed by atoms with Crippen molar-refractivity contribution in [3.05, 3.63) is 11.6 Å². The molecule has 4 heteroatoms. The molecule has 3 N–H and O–H groups in total. The average Bonchev–Trinajstić information content (AvgIpc) is 3.07. The Labute approximate surface area is 208 Å². The summed E-state index contributed by atoms with van der Waals surface area (Å²) in [5.41, 5.74) is 0.262. The molecule has 196 valence electrons. The Morgan fingerprint density at radius 1 is 1.00 bits per heavy atom. The Balaban J connectivity index is 1.49. The van der Waals surface area contributed by atoms with Gasteiger partial charge in [-0.3, -0.25) is 0 Å². The Kier molecular flexibility index (Phi) is 7.17. The van der Waals surface area contributed by atoms with Crippen LogP contribution in [0.1, 0.15) is 106 Å². The molecule has 34 heavy (non-hydrogen) atoms. The van der Waals surface area contributed by atoms with Gasteiger partial charge in [0.05, 0.1) is 23.9 Å². The van der Waals surface area contributed by atoms with Gasteiger partial charge < -0.3 is 20.1 Å². The van der Waals surface area contributed by atoms with Crippen molar-refractivity contribution in [3.8, 4) is 0 Å². The fourth-order valence-corrected chi connectivity index (χ4v) is 8.95. The maximum absolute atomic E-state index is 11.3. The van der Waals surface area contributed by atoms with E-state index in [0.717, 1.165) is 49.9 Å². The molecular weight excluding hydrogens is 424 g/mol. The third kappa shape index (κ3) is 4.91. The molecule has 0 aromatic heterocycles. The van der Waals surface area contributed by atoms with E-state index in [1.165, 1.54) is 31.3 Å². The third-order valence-corrected chi connectivity index (χ3v) is 10.8. The highest BCUT2D eigenvalue weighted by Crippen LogP contribution is 2.67. The first-order valence-corrected chi connectivity index (χ1v) is 14.1. The van der Waals surface area contributed by atoms with Gasteiger partial charge in [0.15, 0.2) is 0 Å². The molecular formula is C30H52O4. The minimum absolute atomic E-state index is 0.0723. The van der Waals surface area contributed by atoms with E-state index in [1.807, 2.05) is 13.8 Å². The van der Waals surface area contributed by atoms with Gasteiger partial charge >= 0.3 is 0 Å². The van der Waals surface area contributed by atoms with Crippen LogP contribution in [0.3, 0.4) is 0 Å².